The van der Waals surface area contributed by atoms with Crippen LogP contribution in [0.1, 0.15) is 5.56 Å². The van der Waals surface area contributed by atoms with Crippen molar-refractivity contribution >= 4 is 33.0 Å². The molecule has 0 radical (unpaired) electrons. The second-order valence-corrected chi connectivity index (χ2v) is 11.4. The second-order valence-electron chi connectivity index (χ2n) is 4.52. The first-order valence-electron chi connectivity index (χ1n) is 6.27. The Kier molecular flexibility index (Phi) is 6.69. The van der Waals surface area contributed by atoms with Crippen molar-refractivity contribution in [2.75, 3.05) is 7.11 Å². The van der Waals surface area contributed by atoms with Crippen LogP contribution < -0.4 is 8.35 Å². The Hall–Kier alpha value is -1.26. The van der Waals surface area contributed by atoms with Crippen LogP contribution in [0.2, 0.25) is 4.97 Å². The minimum absolute atomic E-state index is 0. The normalized spacial score (nSPS) is 12.5. The van der Waals surface area contributed by atoms with Gasteiger partial charge in [-0.15, -0.1) is 0 Å². The predicted molar refractivity (Wildman–Crippen MR) is 88.7 cm³/mol. The van der Waals surface area contributed by atoms with Gasteiger partial charge in [-0.25, -0.2) is 0 Å². The van der Waals surface area contributed by atoms with Crippen LogP contribution in [0, 0.1) is 6.92 Å². The van der Waals surface area contributed by atoms with Gasteiger partial charge in [0.25, 0.3) is 0 Å². The zero-order valence-electron chi connectivity index (χ0n) is 12.6. The van der Waals surface area contributed by atoms with Gasteiger partial charge in [0.2, 0.25) is 0 Å². The molecule has 0 aromatic heterocycles. The number of ether oxygens (including phenoxy) is 1. The van der Waals surface area contributed by atoms with Gasteiger partial charge in [0, 0.05) is 0 Å². The van der Waals surface area contributed by atoms with E-state index in [4.69, 9.17) is 4.74 Å². The number of aryl methyl sites for hydroxylation is 1. The average molecular weight is 437 g/mol. The Bertz CT molecular complexity index is 753. The summed E-state index contributed by atoms with van der Waals surface area (Å²) >= 11 is -2.25. The van der Waals surface area contributed by atoms with E-state index in [0.29, 0.717) is 0 Å². The van der Waals surface area contributed by atoms with E-state index in [-0.39, 0.29) is 10.4 Å². The zero-order chi connectivity index (χ0) is 15.5. The zero-order valence-corrected chi connectivity index (χ0v) is 15.8. The van der Waals surface area contributed by atoms with Gasteiger partial charge in [-0.1, -0.05) is 0 Å². The summed E-state index contributed by atoms with van der Waals surface area (Å²) in [6.07, 6.45) is 0. The van der Waals surface area contributed by atoms with Crippen LogP contribution in [0.15, 0.2) is 56.0 Å². The Balaban J connectivity index is 0.00000242. The number of benzene rings is 2. The van der Waals surface area contributed by atoms with Crippen molar-refractivity contribution in [2.45, 2.75) is 16.8 Å². The molecule has 0 unspecified atom stereocenters. The SMILES string of the molecule is COc1ccc([Te](C)=NS(=O)(=O)c2ccc(C)cc2)cc1.O. The van der Waals surface area contributed by atoms with Crippen LogP contribution in [0.3, 0.4) is 0 Å². The summed E-state index contributed by atoms with van der Waals surface area (Å²) in [7, 11) is -1.97. The molecule has 0 saturated carbocycles. The summed E-state index contributed by atoms with van der Waals surface area (Å²) in [6.45, 7) is 1.92. The number of methoxy groups -OCH3 is 1. The van der Waals surface area contributed by atoms with Crippen LogP contribution in [0.25, 0.3) is 0 Å². The molecule has 7 heteroatoms. The number of hydrogen-bond donors (Lipinski definition) is 0. The first kappa shape index (κ1) is 18.8. The van der Waals surface area contributed by atoms with Gasteiger partial charge in [-0.3, -0.25) is 0 Å². The fourth-order valence-electron chi connectivity index (χ4n) is 1.72. The summed E-state index contributed by atoms with van der Waals surface area (Å²) < 4.78 is 34.8. The molecule has 0 spiro atoms. The van der Waals surface area contributed by atoms with Crippen molar-refractivity contribution in [3.05, 3.63) is 54.1 Å². The number of hydrogen-bond acceptors (Lipinski definition) is 3. The summed E-state index contributed by atoms with van der Waals surface area (Å²) in [5, 5.41) is 0. The molecule has 0 saturated heterocycles. The monoisotopic (exact) mass is 439 g/mol. The summed E-state index contributed by atoms with van der Waals surface area (Å²) in [6, 6.07) is 14.2. The Labute approximate surface area is 137 Å². The standard InChI is InChI=1S/C15H17NO3STe.H2O/c1-12-4-8-14(9-5-12)20(17,18)16-21(3)15-10-6-13(19-2)7-11-15;/h4-11H,1-3H3;1H2. The Morgan fingerprint density at radius 1 is 1.00 bits per heavy atom. The number of sulfonamides is 1. The van der Waals surface area contributed by atoms with Gasteiger partial charge < -0.3 is 5.48 Å². The molecule has 2 aromatic rings. The molecule has 120 valence electrons. The van der Waals surface area contributed by atoms with Crippen LogP contribution in [0.4, 0.5) is 0 Å². The fraction of sp³-hybridized carbons (Fsp3) is 0.200. The van der Waals surface area contributed by atoms with Crippen molar-refractivity contribution in [3.8, 4) is 5.75 Å². The first-order chi connectivity index (χ1) is 9.92. The molecule has 0 atom stereocenters. The van der Waals surface area contributed by atoms with E-state index in [0.717, 1.165) is 14.9 Å². The third kappa shape index (κ3) is 4.62. The largest absolute Gasteiger partial charge is 0.412 e. The maximum absolute atomic E-state index is 12.3. The van der Waals surface area contributed by atoms with E-state index in [1.807, 2.05) is 36.2 Å². The minimum atomic E-state index is -3.57. The molecular weight excluding hydrogens is 418 g/mol. The van der Waals surface area contributed by atoms with Crippen LogP contribution in [-0.4, -0.2) is 40.4 Å². The number of rotatable bonds is 4. The van der Waals surface area contributed by atoms with Crippen molar-refractivity contribution in [3.63, 3.8) is 0 Å². The fourth-order valence-corrected chi connectivity index (χ4v) is 8.17. The van der Waals surface area contributed by atoms with Crippen molar-refractivity contribution in [1.82, 2.24) is 0 Å². The smallest absolute Gasteiger partial charge is 0.412 e. The maximum Gasteiger partial charge on any atom is -0.412 e. The van der Waals surface area contributed by atoms with E-state index >= 15 is 0 Å². The van der Waals surface area contributed by atoms with Crippen LogP contribution >= 0.6 is 0 Å². The summed E-state index contributed by atoms with van der Waals surface area (Å²) in [4.78, 5) is 2.19. The van der Waals surface area contributed by atoms with Gasteiger partial charge in [-0.2, -0.15) is 0 Å². The van der Waals surface area contributed by atoms with Gasteiger partial charge in [-0.05, 0) is 0 Å². The molecule has 22 heavy (non-hydrogen) atoms. The molecule has 5 nitrogen and oxygen atoms in total. The van der Waals surface area contributed by atoms with Crippen LogP contribution in [-0.2, 0) is 10.0 Å². The van der Waals surface area contributed by atoms with E-state index < -0.39 is 29.4 Å². The van der Waals surface area contributed by atoms with Crippen molar-refractivity contribution < 1.29 is 18.6 Å². The molecule has 0 aliphatic carbocycles. The number of nitrogens with zero attached hydrogens (tertiary/aromatic N) is 1. The molecular formula is C15H19NO4STe. The van der Waals surface area contributed by atoms with Crippen molar-refractivity contribution in [1.29, 1.82) is 0 Å². The van der Waals surface area contributed by atoms with Gasteiger partial charge in [0.15, 0.2) is 0 Å². The second kappa shape index (κ2) is 7.84. The minimum Gasteiger partial charge on any atom is -0.412 e. The molecule has 0 amide bonds. The van der Waals surface area contributed by atoms with E-state index in [9.17, 15) is 8.42 Å². The molecule has 2 N–H and O–H groups in total. The maximum atomic E-state index is 12.3. The van der Waals surface area contributed by atoms with Crippen molar-refractivity contribution in [2.24, 2.45) is 2.59 Å². The van der Waals surface area contributed by atoms with E-state index in [1.165, 1.54) is 0 Å². The average Bonchev–Trinajstić information content (AvgIpc) is 2.47. The molecule has 2 rings (SSSR count). The van der Waals surface area contributed by atoms with Crippen LogP contribution in [0.5, 0.6) is 5.75 Å². The Morgan fingerprint density at radius 2 is 1.55 bits per heavy atom. The molecule has 0 fully saturated rings. The topological polar surface area (TPSA) is 87.2 Å². The third-order valence-corrected chi connectivity index (χ3v) is 10.5. The van der Waals surface area contributed by atoms with E-state index in [2.05, 4.69) is 2.59 Å². The predicted octanol–water partition coefficient (Wildman–Crippen LogP) is 1.66. The Morgan fingerprint density at radius 3 is 2.05 bits per heavy atom. The summed E-state index contributed by atoms with van der Waals surface area (Å²) in [5.41, 5.74) is 1.03. The molecule has 0 aliphatic heterocycles. The molecule has 0 aliphatic rings. The van der Waals surface area contributed by atoms with Gasteiger partial charge >= 0.3 is 133 Å². The quantitative estimate of drug-likeness (QED) is 0.683. The molecule has 2 aromatic carbocycles. The molecule has 0 bridgehead atoms. The first-order valence-corrected chi connectivity index (χ1v) is 12.2. The summed E-state index contributed by atoms with van der Waals surface area (Å²) in [5.74, 6) is 0.756. The molecule has 0 heterocycles. The van der Waals surface area contributed by atoms with Gasteiger partial charge in [0.05, 0.1) is 0 Å². The van der Waals surface area contributed by atoms with Gasteiger partial charge in [0.1, 0.15) is 0 Å². The third-order valence-electron chi connectivity index (χ3n) is 2.93. The van der Waals surface area contributed by atoms with E-state index in [1.54, 1.807) is 31.4 Å².